The van der Waals surface area contributed by atoms with Crippen LogP contribution in [0, 0.1) is 11.3 Å². The summed E-state index contributed by atoms with van der Waals surface area (Å²) in [5.41, 5.74) is 1.25. The van der Waals surface area contributed by atoms with Crippen LogP contribution in [0.4, 0.5) is 0 Å². The summed E-state index contributed by atoms with van der Waals surface area (Å²) in [4.78, 5) is 15.3. The second-order valence-corrected chi connectivity index (χ2v) is 2.92. The lowest BCUT2D eigenvalue weighted by molar-refractivity contribution is 0.0526. The second-order valence-electron chi connectivity index (χ2n) is 2.92. The smallest absolute Gasteiger partial charge is 0.339 e. The Morgan fingerprint density at radius 2 is 2.40 bits per heavy atom. The van der Waals surface area contributed by atoms with Crippen LogP contribution in [0.1, 0.15) is 29.4 Å². The maximum Gasteiger partial charge on any atom is 0.339 e. The van der Waals surface area contributed by atoms with Gasteiger partial charge in [-0.3, -0.25) is 4.98 Å². The molecule has 1 aromatic rings. The molecule has 15 heavy (non-hydrogen) atoms. The number of carbonyl (C=O) groups is 1. The van der Waals surface area contributed by atoms with Gasteiger partial charge in [-0.25, -0.2) is 4.79 Å². The number of nitriles is 1. The Labute approximate surface area is 88.5 Å². The van der Waals surface area contributed by atoms with Gasteiger partial charge in [0, 0.05) is 24.7 Å². The van der Waals surface area contributed by atoms with E-state index in [1.807, 2.05) is 6.07 Å². The third-order valence-corrected chi connectivity index (χ3v) is 1.83. The maximum atomic E-state index is 11.3. The van der Waals surface area contributed by atoms with E-state index < -0.39 is 0 Å². The standard InChI is InChI=1S/C11H12N2O2/c1-2-15-11(14)9-5-6-10(13-8-9)4-3-7-12/h5-6,8H,2-4H2,1H3. The van der Waals surface area contributed by atoms with E-state index >= 15 is 0 Å². The number of aryl methyl sites for hydroxylation is 1. The van der Waals surface area contributed by atoms with Gasteiger partial charge in [-0.05, 0) is 19.1 Å². The molecule has 0 aliphatic carbocycles. The quantitative estimate of drug-likeness (QED) is 0.700. The predicted molar refractivity (Wildman–Crippen MR) is 54.1 cm³/mol. The minimum Gasteiger partial charge on any atom is -0.462 e. The highest BCUT2D eigenvalue weighted by Gasteiger charge is 2.06. The van der Waals surface area contributed by atoms with Gasteiger partial charge in [0.15, 0.2) is 0 Å². The summed E-state index contributed by atoms with van der Waals surface area (Å²) in [5.74, 6) is -0.364. The molecule has 0 saturated carbocycles. The van der Waals surface area contributed by atoms with Crippen LogP contribution in [-0.2, 0) is 11.2 Å². The Kier molecular flexibility index (Phi) is 4.30. The number of pyridine rings is 1. The molecule has 1 aromatic heterocycles. The lowest BCUT2D eigenvalue weighted by Crippen LogP contribution is -2.05. The number of aromatic nitrogens is 1. The molecule has 0 unspecified atom stereocenters. The Morgan fingerprint density at radius 3 is 2.93 bits per heavy atom. The lowest BCUT2D eigenvalue weighted by atomic mass is 10.2. The molecule has 0 saturated heterocycles. The van der Waals surface area contributed by atoms with Gasteiger partial charge in [-0.1, -0.05) is 0 Å². The van der Waals surface area contributed by atoms with Crippen LogP contribution in [0.5, 0.6) is 0 Å². The molecule has 4 heteroatoms. The highest BCUT2D eigenvalue weighted by Crippen LogP contribution is 2.04. The zero-order valence-electron chi connectivity index (χ0n) is 8.56. The number of ether oxygens (including phenoxy) is 1. The first-order valence-corrected chi connectivity index (χ1v) is 4.77. The van der Waals surface area contributed by atoms with Gasteiger partial charge in [-0.2, -0.15) is 5.26 Å². The van der Waals surface area contributed by atoms with Crippen LogP contribution < -0.4 is 0 Å². The molecule has 1 rings (SSSR count). The highest BCUT2D eigenvalue weighted by molar-refractivity contribution is 5.88. The van der Waals surface area contributed by atoms with Crippen LogP contribution >= 0.6 is 0 Å². The molecular weight excluding hydrogens is 192 g/mol. The van der Waals surface area contributed by atoms with Crippen molar-refractivity contribution in [1.82, 2.24) is 4.98 Å². The van der Waals surface area contributed by atoms with Crippen molar-refractivity contribution in [3.8, 4) is 6.07 Å². The normalized spacial score (nSPS) is 9.33. The fourth-order valence-electron chi connectivity index (χ4n) is 1.09. The second kappa shape index (κ2) is 5.76. The van der Waals surface area contributed by atoms with Crippen LogP contribution in [-0.4, -0.2) is 17.6 Å². The Hall–Kier alpha value is -1.89. The molecule has 4 nitrogen and oxygen atoms in total. The van der Waals surface area contributed by atoms with Crippen molar-refractivity contribution < 1.29 is 9.53 Å². The Bertz CT molecular complexity index is 365. The zero-order valence-corrected chi connectivity index (χ0v) is 8.56. The first-order chi connectivity index (χ1) is 7.27. The molecule has 0 aliphatic rings. The summed E-state index contributed by atoms with van der Waals surface area (Å²) in [6, 6.07) is 5.45. The van der Waals surface area contributed by atoms with Gasteiger partial charge in [0.1, 0.15) is 0 Å². The minimum atomic E-state index is -0.364. The molecule has 0 spiro atoms. The van der Waals surface area contributed by atoms with Crippen molar-refractivity contribution in [3.63, 3.8) is 0 Å². The van der Waals surface area contributed by atoms with E-state index in [0.29, 0.717) is 25.0 Å². The van der Waals surface area contributed by atoms with Gasteiger partial charge < -0.3 is 4.74 Å². The summed E-state index contributed by atoms with van der Waals surface area (Å²) in [6.45, 7) is 2.11. The van der Waals surface area contributed by atoms with Crippen molar-refractivity contribution in [2.24, 2.45) is 0 Å². The fraction of sp³-hybridized carbons (Fsp3) is 0.364. The van der Waals surface area contributed by atoms with E-state index in [2.05, 4.69) is 4.98 Å². The monoisotopic (exact) mass is 204 g/mol. The summed E-state index contributed by atoms with van der Waals surface area (Å²) in [7, 11) is 0. The molecule has 0 bridgehead atoms. The zero-order chi connectivity index (χ0) is 11.1. The van der Waals surface area contributed by atoms with E-state index in [0.717, 1.165) is 5.69 Å². The molecule has 0 aliphatic heterocycles. The van der Waals surface area contributed by atoms with Crippen molar-refractivity contribution >= 4 is 5.97 Å². The van der Waals surface area contributed by atoms with Crippen molar-refractivity contribution in [3.05, 3.63) is 29.6 Å². The molecule has 1 heterocycles. The molecule has 0 atom stereocenters. The average molecular weight is 204 g/mol. The molecule has 0 aromatic carbocycles. The summed E-state index contributed by atoms with van der Waals surface area (Å²) >= 11 is 0. The minimum absolute atomic E-state index is 0.356. The van der Waals surface area contributed by atoms with Crippen molar-refractivity contribution in [2.75, 3.05) is 6.61 Å². The van der Waals surface area contributed by atoms with Gasteiger partial charge in [-0.15, -0.1) is 0 Å². The Morgan fingerprint density at radius 1 is 1.60 bits per heavy atom. The van der Waals surface area contributed by atoms with Crippen molar-refractivity contribution in [1.29, 1.82) is 5.26 Å². The van der Waals surface area contributed by atoms with E-state index in [9.17, 15) is 4.79 Å². The Balaban J connectivity index is 2.64. The number of rotatable bonds is 4. The van der Waals surface area contributed by atoms with Gasteiger partial charge in [0.05, 0.1) is 18.2 Å². The third kappa shape index (κ3) is 3.39. The predicted octanol–water partition coefficient (Wildman–Crippen LogP) is 1.71. The maximum absolute atomic E-state index is 11.3. The van der Waals surface area contributed by atoms with Gasteiger partial charge in [0.2, 0.25) is 0 Å². The van der Waals surface area contributed by atoms with E-state index in [1.165, 1.54) is 6.20 Å². The first kappa shape index (κ1) is 11.2. The third-order valence-electron chi connectivity index (χ3n) is 1.83. The molecule has 0 amide bonds. The van der Waals surface area contributed by atoms with Gasteiger partial charge >= 0.3 is 5.97 Å². The summed E-state index contributed by atoms with van der Waals surface area (Å²) in [5, 5.41) is 8.39. The topological polar surface area (TPSA) is 63.0 Å². The molecule has 0 radical (unpaired) electrons. The van der Waals surface area contributed by atoms with Crippen LogP contribution in [0.2, 0.25) is 0 Å². The van der Waals surface area contributed by atoms with Crippen LogP contribution in [0.25, 0.3) is 0 Å². The largest absolute Gasteiger partial charge is 0.462 e. The number of nitrogens with zero attached hydrogens (tertiary/aromatic N) is 2. The fourth-order valence-corrected chi connectivity index (χ4v) is 1.09. The van der Waals surface area contributed by atoms with Crippen LogP contribution in [0.3, 0.4) is 0 Å². The SMILES string of the molecule is CCOC(=O)c1ccc(CCC#N)nc1. The summed E-state index contributed by atoms with van der Waals surface area (Å²) < 4.78 is 4.82. The average Bonchev–Trinajstić information content (AvgIpc) is 2.27. The van der Waals surface area contributed by atoms with E-state index in [4.69, 9.17) is 10.00 Å². The number of hydrogen-bond donors (Lipinski definition) is 0. The first-order valence-electron chi connectivity index (χ1n) is 4.77. The van der Waals surface area contributed by atoms with E-state index in [-0.39, 0.29) is 5.97 Å². The van der Waals surface area contributed by atoms with Gasteiger partial charge in [0.25, 0.3) is 0 Å². The molecule has 0 fully saturated rings. The van der Waals surface area contributed by atoms with E-state index in [1.54, 1.807) is 19.1 Å². The number of hydrogen-bond acceptors (Lipinski definition) is 4. The number of esters is 1. The molecule has 0 N–H and O–H groups in total. The van der Waals surface area contributed by atoms with Crippen molar-refractivity contribution in [2.45, 2.75) is 19.8 Å². The highest BCUT2D eigenvalue weighted by atomic mass is 16.5. The molecular formula is C11H12N2O2. The number of carbonyl (C=O) groups excluding carboxylic acids is 1. The van der Waals surface area contributed by atoms with Crippen LogP contribution in [0.15, 0.2) is 18.3 Å². The lowest BCUT2D eigenvalue weighted by Gasteiger charge is -2.01. The molecule has 78 valence electrons. The summed E-state index contributed by atoms with van der Waals surface area (Å²) in [6.07, 6.45) is 2.52.